The van der Waals surface area contributed by atoms with E-state index in [9.17, 15) is 9.59 Å². The van der Waals surface area contributed by atoms with Crippen LogP contribution < -0.4 is 9.47 Å². The van der Waals surface area contributed by atoms with E-state index < -0.39 is 18.6 Å². The van der Waals surface area contributed by atoms with Crippen molar-refractivity contribution in [1.29, 1.82) is 0 Å². The lowest BCUT2D eigenvalue weighted by molar-refractivity contribution is -0.139. The fourth-order valence-electron chi connectivity index (χ4n) is 3.71. The quantitative estimate of drug-likeness (QED) is 0.498. The number of methoxy groups -OCH3 is 1. The van der Waals surface area contributed by atoms with Crippen LogP contribution in [0.25, 0.3) is 6.08 Å². The van der Waals surface area contributed by atoms with Gasteiger partial charge in [0.25, 0.3) is 0 Å². The van der Waals surface area contributed by atoms with E-state index in [1.54, 1.807) is 41.8 Å². The molecule has 0 fully saturated rings. The van der Waals surface area contributed by atoms with Gasteiger partial charge in [0.2, 0.25) is 5.91 Å². The number of carboxylic acid groups (broad SMARTS) is 1. The van der Waals surface area contributed by atoms with Crippen molar-refractivity contribution in [3.8, 4) is 11.5 Å². The van der Waals surface area contributed by atoms with Crippen molar-refractivity contribution in [1.82, 2.24) is 9.88 Å². The summed E-state index contributed by atoms with van der Waals surface area (Å²) < 4.78 is 10.7. The van der Waals surface area contributed by atoms with Gasteiger partial charge >= 0.3 is 5.97 Å². The monoisotopic (exact) mass is 484 g/mol. The summed E-state index contributed by atoms with van der Waals surface area (Å²) >= 11 is 7.73. The highest BCUT2D eigenvalue weighted by Gasteiger charge is 2.35. The molecule has 4 rings (SSSR count). The number of aliphatic carboxylic acids is 1. The molecule has 1 aliphatic heterocycles. The van der Waals surface area contributed by atoms with Gasteiger partial charge in [-0.3, -0.25) is 4.79 Å². The number of rotatable bonds is 7. The van der Waals surface area contributed by atoms with Gasteiger partial charge in [-0.1, -0.05) is 23.7 Å². The first-order chi connectivity index (χ1) is 16.0. The smallest absolute Gasteiger partial charge is 0.341 e. The Kier molecular flexibility index (Phi) is 6.96. The van der Waals surface area contributed by atoms with Crippen LogP contribution in [-0.2, 0) is 16.0 Å². The number of hydrogen-bond donors (Lipinski definition) is 1. The second-order valence-electron chi connectivity index (χ2n) is 7.32. The highest BCUT2D eigenvalue weighted by atomic mass is 35.5. The third-order valence-corrected chi connectivity index (χ3v) is 6.42. The Labute approximate surface area is 199 Å². The molecule has 7 nitrogen and oxygen atoms in total. The molecule has 0 saturated heterocycles. The Hall–Kier alpha value is -3.36. The summed E-state index contributed by atoms with van der Waals surface area (Å²) in [5.41, 5.74) is 4.16. The Morgan fingerprint density at radius 1 is 1.27 bits per heavy atom. The maximum Gasteiger partial charge on any atom is 0.341 e. The molecule has 1 N–H and O–H groups in total. The molecule has 3 aromatic rings. The van der Waals surface area contributed by atoms with Gasteiger partial charge in [-0.25, -0.2) is 9.78 Å². The third-order valence-electron chi connectivity index (χ3n) is 5.26. The molecule has 170 valence electrons. The van der Waals surface area contributed by atoms with Crippen LogP contribution in [0.2, 0.25) is 5.02 Å². The molecule has 0 aliphatic carbocycles. The highest BCUT2D eigenvalue weighted by molar-refractivity contribution is 7.09. The molecule has 1 amide bonds. The number of hydrogen-bond acceptors (Lipinski definition) is 6. The molecule has 1 aromatic heterocycles. The minimum atomic E-state index is -1.09. The predicted octanol–water partition coefficient (Wildman–Crippen LogP) is 4.46. The molecular formula is C24H21ClN2O5S. The molecule has 0 bridgehead atoms. The average Bonchev–Trinajstić information content (AvgIpc) is 3.30. The number of halogens is 1. The lowest BCUT2D eigenvalue weighted by Gasteiger charge is -2.35. The minimum absolute atomic E-state index is 0.181. The number of benzene rings is 2. The minimum Gasteiger partial charge on any atom is -0.497 e. The van der Waals surface area contributed by atoms with Gasteiger partial charge in [0.1, 0.15) is 11.5 Å². The summed E-state index contributed by atoms with van der Waals surface area (Å²) in [6, 6.07) is 11.9. The summed E-state index contributed by atoms with van der Waals surface area (Å²) in [5, 5.41) is 9.53. The van der Waals surface area contributed by atoms with Crippen LogP contribution in [0.3, 0.4) is 0 Å². The van der Waals surface area contributed by atoms with Crippen LogP contribution in [-0.4, -0.2) is 47.1 Å². The van der Waals surface area contributed by atoms with Crippen molar-refractivity contribution in [2.24, 2.45) is 0 Å². The maximum atomic E-state index is 13.3. The van der Waals surface area contributed by atoms with Crippen LogP contribution >= 0.6 is 22.9 Å². The molecular weight excluding hydrogens is 464 g/mol. The molecule has 0 spiro atoms. The first-order valence-electron chi connectivity index (χ1n) is 10.2. The number of fused-ring (bicyclic) bond motifs is 1. The number of carbonyl (C=O) groups excluding carboxylic acids is 1. The van der Waals surface area contributed by atoms with Crippen LogP contribution in [0.15, 0.2) is 54.1 Å². The lowest BCUT2D eigenvalue weighted by Crippen LogP contribution is -2.39. The van der Waals surface area contributed by atoms with Crippen LogP contribution in [0.5, 0.6) is 11.5 Å². The summed E-state index contributed by atoms with van der Waals surface area (Å²) in [5.74, 6) is -0.167. The molecule has 0 radical (unpaired) electrons. The average molecular weight is 485 g/mol. The predicted molar refractivity (Wildman–Crippen MR) is 126 cm³/mol. The van der Waals surface area contributed by atoms with E-state index in [1.165, 1.54) is 17.4 Å². The number of thiazole rings is 1. The van der Waals surface area contributed by atoms with Crippen molar-refractivity contribution in [2.45, 2.75) is 12.5 Å². The van der Waals surface area contributed by atoms with Crippen LogP contribution in [0.1, 0.15) is 27.7 Å². The molecule has 1 atom stereocenters. The van der Waals surface area contributed by atoms with E-state index in [4.69, 9.17) is 26.2 Å². The van der Waals surface area contributed by atoms with Crippen LogP contribution in [0.4, 0.5) is 0 Å². The molecule has 33 heavy (non-hydrogen) atoms. The second-order valence-corrected chi connectivity index (χ2v) is 8.64. The Bertz CT molecular complexity index is 1190. The van der Waals surface area contributed by atoms with Crippen LogP contribution in [0, 0.1) is 0 Å². The van der Waals surface area contributed by atoms with Gasteiger partial charge < -0.3 is 19.5 Å². The van der Waals surface area contributed by atoms with Gasteiger partial charge in [0, 0.05) is 29.6 Å². The summed E-state index contributed by atoms with van der Waals surface area (Å²) in [4.78, 5) is 31.5. The zero-order chi connectivity index (χ0) is 23.4. The molecule has 2 aromatic carbocycles. The van der Waals surface area contributed by atoms with Gasteiger partial charge in [-0.2, -0.15) is 0 Å². The first kappa shape index (κ1) is 22.8. The summed E-state index contributed by atoms with van der Waals surface area (Å²) in [7, 11) is 1.60. The maximum absolute atomic E-state index is 13.3. The lowest BCUT2D eigenvalue weighted by atomic mass is 9.96. The van der Waals surface area contributed by atoms with Crippen molar-refractivity contribution in [3.05, 3.63) is 80.8 Å². The number of ether oxygens (including phenoxy) is 2. The first-order valence-corrected chi connectivity index (χ1v) is 11.4. The van der Waals surface area contributed by atoms with Gasteiger partial charge in [0.05, 0.1) is 29.2 Å². The second kappa shape index (κ2) is 10.1. The number of nitrogens with zero attached hydrogens (tertiary/aromatic N) is 2. The topological polar surface area (TPSA) is 89.0 Å². The van der Waals surface area contributed by atoms with E-state index in [2.05, 4.69) is 4.98 Å². The number of carboxylic acids is 1. The summed E-state index contributed by atoms with van der Waals surface area (Å²) in [6.07, 6.45) is 3.91. The van der Waals surface area contributed by atoms with Crippen molar-refractivity contribution in [3.63, 3.8) is 0 Å². The SMILES string of the molecule is COc1ccc(C=CC(=O)N2CCc3ncsc3C2c2cc(Cl)ccc2OCC(=O)O)cc1. The highest BCUT2D eigenvalue weighted by Crippen LogP contribution is 2.42. The van der Waals surface area contributed by atoms with E-state index >= 15 is 0 Å². The number of amides is 1. The largest absolute Gasteiger partial charge is 0.497 e. The van der Waals surface area contributed by atoms with Crippen molar-refractivity contribution in [2.75, 3.05) is 20.3 Å². The number of aromatic nitrogens is 1. The molecule has 1 unspecified atom stereocenters. The molecule has 9 heteroatoms. The zero-order valence-corrected chi connectivity index (χ0v) is 19.3. The fraction of sp³-hybridized carbons (Fsp3) is 0.208. The summed E-state index contributed by atoms with van der Waals surface area (Å²) in [6.45, 7) is -0.0414. The zero-order valence-electron chi connectivity index (χ0n) is 17.7. The molecule has 1 aliphatic rings. The molecule has 0 saturated carbocycles. The van der Waals surface area contributed by atoms with E-state index in [0.29, 0.717) is 29.3 Å². The fourth-order valence-corrected chi connectivity index (χ4v) is 4.86. The normalized spacial score (nSPS) is 15.3. The van der Waals surface area contributed by atoms with Gasteiger partial charge in [-0.05, 0) is 42.0 Å². The molecule has 2 heterocycles. The van der Waals surface area contributed by atoms with E-state index in [1.807, 2.05) is 24.3 Å². The third kappa shape index (κ3) is 5.18. The Morgan fingerprint density at radius 2 is 2.06 bits per heavy atom. The van der Waals surface area contributed by atoms with Crippen molar-refractivity contribution < 1.29 is 24.2 Å². The number of carbonyl (C=O) groups is 2. The Balaban J connectivity index is 1.68. The van der Waals surface area contributed by atoms with E-state index in [-0.39, 0.29) is 5.91 Å². The van der Waals surface area contributed by atoms with E-state index in [0.717, 1.165) is 21.9 Å². The Morgan fingerprint density at radius 3 is 2.79 bits per heavy atom. The standard InChI is InChI=1S/C24H21ClN2O5S/c1-31-17-6-2-15(3-7-17)4-9-21(28)27-11-10-19-24(33-14-26-19)23(27)18-12-16(25)5-8-20(18)32-13-22(29)30/h2-9,12,14,23H,10-11,13H2,1H3,(H,29,30). The van der Waals surface area contributed by atoms with Gasteiger partial charge in [-0.15, -0.1) is 11.3 Å². The van der Waals surface area contributed by atoms with Crippen molar-refractivity contribution >= 4 is 40.9 Å². The van der Waals surface area contributed by atoms with Gasteiger partial charge in [0.15, 0.2) is 6.61 Å².